The molecule has 21 aliphatic heterocycles. The van der Waals surface area contributed by atoms with Crippen LogP contribution >= 0.6 is 0 Å². The molecule has 35 nitrogen and oxygen atoms in total. The molecule has 35 atom stereocenters. The Kier molecular flexibility index (Phi) is 20.8. The van der Waals surface area contributed by atoms with Crippen molar-refractivity contribution in [2.75, 3.05) is 46.2 Å². The third-order valence-corrected chi connectivity index (χ3v) is 14.8. The molecule has 21 fully saturated rings. The van der Waals surface area contributed by atoms with Crippen molar-refractivity contribution in [2.45, 2.75) is 215 Å². The van der Waals surface area contributed by atoms with E-state index < -0.39 is 261 Å². The van der Waals surface area contributed by atoms with E-state index in [2.05, 4.69) is 0 Å². The summed E-state index contributed by atoms with van der Waals surface area (Å²) in [6, 6.07) is 0. The van der Waals surface area contributed by atoms with E-state index in [0.29, 0.717) is 0 Å². The zero-order valence-electron chi connectivity index (χ0n) is 40.3. The minimum atomic E-state index is -2.21. The Morgan fingerprint density at radius 2 is 0.260 bits per heavy atom. The fourth-order valence-electron chi connectivity index (χ4n) is 10.4. The Labute approximate surface area is 434 Å². The maximum Gasteiger partial charge on any atom is 0.187 e. The lowest BCUT2D eigenvalue weighted by Crippen LogP contribution is -2.68. The quantitative estimate of drug-likeness (QED) is 0.113. The van der Waals surface area contributed by atoms with Gasteiger partial charge in [-0.3, -0.25) is 0 Å². The summed E-state index contributed by atoms with van der Waals surface area (Å²) in [6.07, 6.45) is -70.2. The summed E-state index contributed by atoms with van der Waals surface area (Å²) >= 11 is 0. The molecule has 0 aromatic heterocycles. The van der Waals surface area contributed by atoms with Gasteiger partial charge in [0, 0.05) is 0 Å². The molecule has 77 heavy (non-hydrogen) atoms. The monoisotopic (exact) mass is 1130 g/mol. The molecule has 0 spiro atoms. The number of aliphatic hydroxyl groups excluding tert-OH is 21. The van der Waals surface area contributed by atoms with Crippen LogP contribution in [0.5, 0.6) is 0 Å². The normalized spacial score (nSPS) is 55.4. The minimum absolute atomic E-state index is 1.05. The van der Waals surface area contributed by atoms with Crippen molar-refractivity contribution in [1.29, 1.82) is 0 Å². The highest BCUT2D eigenvalue weighted by Crippen LogP contribution is 2.39. The van der Waals surface area contributed by atoms with Crippen LogP contribution in [0, 0.1) is 0 Å². The van der Waals surface area contributed by atoms with Gasteiger partial charge in [0.25, 0.3) is 0 Å². The average Bonchev–Trinajstić information content (AvgIpc) is 3.45. The highest BCUT2D eigenvalue weighted by atomic mass is 16.8. The maximum atomic E-state index is 11.3. The third-order valence-electron chi connectivity index (χ3n) is 14.8. The molecule has 21 unspecified atom stereocenters. The highest BCUT2D eigenvalue weighted by Gasteiger charge is 2.59. The van der Waals surface area contributed by atoms with E-state index in [9.17, 15) is 107 Å². The van der Waals surface area contributed by atoms with E-state index in [0.717, 1.165) is 0 Å². The molecule has 0 aromatic carbocycles. The fraction of sp³-hybridized carbons (Fsp3) is 1.00. The molecule has 35 heteroatoms. The smallest absolute Gasteiger partial charge is 0.187 e. The van der Waals surface area contributed by atoms with Crippen molar-refractivity contribution >= 4 is 0 Å². The van der Waals surface area contributed by atoms with Gasteiger partial charge in [-0.2, -0.15) is 0 Å². The number of rotatable bonds is 7. The van der Waals surface area contributed by atoms with Gasteiger partial charge in [-0.15, -0.1) is 0 Å². The van der Waals surface area contributed by atoms with Crippen LogP contribution in [-0.2, 0) is 66.3 Å². The van der Waals surface area contributed by atoms with Crippen molar-refractivity contribution < 1.29 is 174 Å². The van der Waals surface area contributed by atoms with Gasteiger partial charge in [0.1, 0.15) is 171 Å². The first-order chi connectivity index (χ1) is 36.7. The topological polar surface area (TPSA) is 554 Å². The van der Waals surface area contributed by atoms with Gasteiger partial charge >= 0.3 is 0 Å². The number of ether oxygens (including phenoxy) is 14. The molecule has 14 bridgehead atoms. The van der Waals surface area contributed by atoms with Crippen LogP contribution in [-0.4, -0.2) is 368 Å². The van der Waals surface area contributed by atoms with Gasteiger partial charge in [-0.1, -0.05) is 0 Å². The fourth-order valence-corrected chi connectivity index (χ4v) is 10.4. The van der Waals surface area contributed by atoms with Crippen LogP contribution in [0.2, 0.25) is 0 Å². The van der Waals surface area contributed by atoms with E-state index in [-0.39, 0.29) is 0 Å². The van der Waals surface area contributed by atoms with Gasteiger partial charge in [0.15, 0.2) is 44.0 Å². The zero-order valence-corrected chi connectivity index (χ0v) is 40.3. The van der Waals surface area contributed by atoms with E-state index in [4.69, 9.17) is 66.3 Å². The van der Waals surface area contributed by atoms with Gasteiger partial charge in [0.05, 0.1) is 46.2 Å². The molecule has 21 saturated heterocycles. The third kappa shape index (κ3) is 12.1. The first kappa shape index (κ1) is 61.7. The van der Waals surface area contributed by atoms with E-state index >= 15 is 0 Å². The molecule has 0 aromatic rings. The SMILES string of the molecule is OC[C@@H]1OC2OC3[C@@H](O)C(O)C(OC4[C@H](O)C(O)C(OC5[C@H](O)C(O)C(OC6[C@@H](O)C(O)C(OC7[C@@H](O)C(O)C(OC8[C@H](O)C(O)C(OC1[C@H](O)C2O)O[C@H]8CO)O[C@@H]7CO)O[C@@H]6CO)O[C@H]5CO)O[C@H]4CO)O[C@@H]3CO. The van der Waals surface area contributed by atoms with E-state index in [1.54, 1.807) is 0 Å². The molecule has 0 aliphatic carbocycles. The second-order valence-corrected chi connectivity index (χ2v) is 19.7. The Bertz CT molecular complexity index is 1470. The summed E-state index contributed by atoms with van der Waals surface area (Å²) in [5, 5.41) is 230. The second kappa shape index (κ2) is 26.0. The predicted octanol–water partition coefficient (Wildman–Crippen LogP) is -15.2. The Morgan fingerprint density at radius 3 is 0.351 bits per heavy atom. The van der Waals surface area contributed by atoms with Crippen LogP contribution in [0.25, 0.3) is 0 Å². The summed E-state index contributed by atoms with van der Waals surface area (Å²) in [5.74, 6) is 0. The largest absolute Gasteiger partial charge is 0.394 e. The lowest BCUT2D eigenvalue weighted by Gasteiger charge is -2.50. The Morgan fingerprint density at radius 1 is 0.156 bits per heavy atom. The summed E-state index contributed by atoms with van der Waals surface area (Å²) in [5.41, 5.74) is 0. The van der Waals surface area contributed by atoms with Gasteiger partial charge < -0.3 is 174 Å². The number of aliphatic hydroxyl groups is 21. The number of hydrogen-bond acceptors (Lipinski definition) is 35. The lowest BCUT2D eigenvalue weighted by atomic mass is 9.95. The van der Waals surface area contributed by atoms with Crippen molar-refractivity contribution in [3.05, 3.63) is 0 Å². The molecule has 21 heterocycles. The zero-order chi connectivity index (χ0) is 56.1. The van der Waals surface area contributed by atoms with Crippen LogP contribution in [0.15, 0.2) is 0 Å². The van der Waals surface area contributed by atoms with Gasteiger partial charge in [0.2, 0.25) is 0 Å². The maximum absolute atomic E-state index is 11.3. The summed E-state index contributed by atoms with van der Waals surface area (Å²) < 4.78 is 79.5. The second-order valence-electron chi connectivity index (χ2n) is 19.7. The summed E-state index contributed by atoms with van der Waals surface area (Å²) in [6.45, 7) is -7.33. The van der Waals surface area contributed by atoms with E-state index in [1.165, 1.54) is 0 Å². The van der Waals surface area contributed by atoms with Crippen LogP contribution in [0.4, 0.5) is 0 Å². The molecule has 0 saturated carbocycles. The standard InChI is InChI=1S/C42H70O35/c43-1-8-29-15(50)22(57)36(64-8)72-30-9(2-44)66-38(24(59)17(30)52)74-32-11(4-46)68-40(26(61)19(32)54)76-34-13(6-48)70-42(28(63)21(34)56)77-35-14(7-49)69-41(27(62)20(35)55)75-33-12(5-47)67-39(25(60)18(33)53)73-31-10(3-45)65-37(71-29)23(58)16(31)51/h8-63H,1-7H2/t8-,9-,10+,11+,12-,13+,14-,15+,16-,17+,18+,19-,20+,21-,22?,23?,24?,25?,26?,27?,28?,29?,30?,31?,32?,33?,34?,35?,36?,37?,38?,39?,40?,41?,42?/m0/s1. The molecule has 448 valence electrons. The Balaban J connectivity index is 1.08. The molecule has 21 rings (SSSR count). The van der Waals surface area contributed by atoms with Gasteiger partial charge in [-0.05, 0) is 0 Å². The molecular weight excluding hydrogens is 1060 g/mol. The summed E-state index contributed by atoms with van der Waals surface area (Å²) in [4.78, 5) is 0. The molecule has 21 aliphatic rings. The molecular formula is C42H70O35. The van der Waals surface area contributed by atoms with E-state index in [1.807, 2.05) is 0 Å². The number of hydrogen-bond donors (Lipinski definition) is 21. The van der Waals surface area contributed by atoms with Crippen LogP contribution in [0.1, 0.15) is 0 Å². The first-order valence-electron chi connectivity index (χ1n) is 24.6. The van der Waals surface area contributed by atoms with Crippen LogP contribution < -0.4 is 0 Å². The average molecular weight is 1130 g/mol. The van der Waals surface area contributed by atoms with Crippen molar-refractivity contribution in [3.63, 3.8) is 0 Å². The molecule has 0 amide bonds. The molecule has 21 N–H and O–H groups in total. The Hall–Kier alpha value is -1.40. The van der Waals surface area contributed by atoms with Crippen LogP contribution in [0.3, 0.4) is 0 Å². The van der Waals surface area contributed by atoms with Crippen molar-refractivity contribution in [3.8, 4) is 0 Å². The summed E-state index contributed by atoms with van der Waals surface area (Å²) in [7, 11) is 0. The van der Waals surface area contributed by atoms with Crippen molar-refractivity contribution in [1.82, 2.24) is 0 Å². The van der Waals surface area contributed by atoms with Crippen molar-refractivity contribution in [2.24, 2.45) is 0 Å². The van der Waals surface area contributed by atoms with Gasteiger partial charge in [-0.25, -0.2) is 0 Å². The predicted molar refractivity (Wildman–Crippen MR) is 228 cm³/mol. The lowest BCUT2D eigenvalue weighted by molar-refractivity contribution is -0.396. The molecule has 0 radical (unpaired) electrons. The first-order valence-corrected chi connectivity index (χ1v) is 24.6. The minimum Gasteiger partial charge on any atom is -0.394 e. The highest BCUT2D eigenvalue weighted by molar-refractivity contribution is 5.01.